The molecule has 1 saturated carbocycles. The number of carboxylic acid groups (broad SMARTS) is 1. The van der Waals surface area contributed by atoms with Crippen LogP contribution >= 0.6 is 0 Å². The van der Waals surface area contributed by atoms with Gasteiger partial charge in [-0.1, -0.05) is 19.3 Å². The first-order chi connectivity index (χ1) is 7.75. The highest BCUT2D eigenvalue weighted by molar-refractivity contribution is 5.66. The Morgan fingerprint density at radius 1 is 1.19 bits per heavy atom. The Labute approximate surface area is 97.8 Å². The fourth-order valence-corrected chi connectivity index (χ4v) is 3.20. The standard InChI is InChI=1S/C13H23NO2/c15-13(16)7-6-11-8-9-14(10-11)12-4-2-1-3-5-12/h11-12H,1-10H2,(H,15,16). The van der Waals surface area contributed by atoms with E-state index < -0.39 is 5.97 Å². The van der Waals surface area contributed by atoms with Gasteiger partial charge in [0.15, 0.2) is 0 Å². The number of aliphatic carboxylic acids is 1. The Bertz CT molecular complexity index is 236. The number of carboxylic acids is 1. The van der Waals surface area contributed by atoms with Gasteiger partial charge in [0.05, 0.1) is 0 Å². The predicted molar refractivity (Wildman–Crippen MR) is 63.4 cm³/mol. The topological polar surface area (TPSA) is 40.5 Å². The Morgan fingerprint density at radius 3 is 2.62 bits per heavy atom. The lowest BCUT2D eigenvalue weighted by Crippen LogP contribution is -2.34. The van der Waals surface area contributed by atoms with E-state index in [9.17, 15) is 4.79 Å². The molecule has 1 atom stereocenters. The van der Waals surface area contributed by atoms with Crippen molar-refractivity contribution in [3.8, 4) is 0 Å². The highest BCUT2D eigenvalue weighted by Gasteiger charge is 2.28. The maximum Gasteiger partial charge on any atom is 0.303 e. The summed E-state index contributed by atoms with van der Waals surface area (Å²) in [5, 5.41) is 8.67. The van der Waals surface area contributed by atoms with Gasteiger partial charge >= 0.3 is 5.97 Å². The molecular weight excluding hydrogens is 202 g/mol. The molecule has 16 heavy (non-hydrogen) atoms. The van der Waals surface area contributed by atoms with Crippen molar-refractivity contribution in [3.05, 3.63) is 0 Å². The molecule has 0 aromatic rings. The lowest BCUT2D eigenvalue weighted by Gasteiger charge is -2.31. The van der Waals surface area contributed by atoms with Crippen molar-refractivity contribution in [2.24, 2.45) is 5.92 Å². The minimum Gasteiger partial charge on any atom is -0.481 e. The summed E-state index contributed by atoms with van der Waals surface area (Å²) in [5.74, 6) is -0.00542. The van der Waals surface area contributed by atoms with Gasteiger partial charge in [0, 0.05) is 19.0 Å². The second kappa shape index (κ2) is 5.67. The molecule has 1 aliphatic heterocycles. The Morgan fingerprint density at radius 2 is 1.94 bits per heavy atom. The van der Waals surface area contributed by atoms with Crippen LogP contribution in [0.3, 0.4) is 0 Å². The van der Waals surface area contributed by atoms with E-state index in [1.54, 1.807) is 0 Å². The lowest BCUT2D eigenvalue weighted by molar-refractivity contribution is -0.137. The summed E-state index contributed by atoms with van der Waals surface area (Å²) in [4.78, 5) is 13.1. The van der Waals surface area contributed by atoms with Crippen LogP contribution in [0.5, 0.6) is 0 Å². The third kappa shape index (κ3) is 3.21. The molecule has 0 aromatic heterocycles. The molecule has 3 heteroatoms. The van der Waals surface area contributed by atoms with Gasteiger partial charge in [0.1, 0.15) is 0 Å². The zero-order valence-electron chi connectivity index (χ0n) is 10.0. The molecule has 1 N–H and O–H groups in total. The smallest absolute Gasteiger partial charge is 0.303 e. The monoisotopic (exact) mass is 225 g/mol. The minimum atomic E-state index is -0.642. The maximum atomic E-state index is 10.5. The van der Waals surface area contributed by atoms with Gasteiger partial charge in [-0.05, 0) is 38.1 Å². The molecule has 3 nitrogen and oxygen atoms in total. The van der Waals surface area contributed by atoms with Crippen LogP contribution in [-0.4, -0.2) is 35.1 Å². The Hall–Kier alpha value is -0.570. The summed E-state index contributed by atoms with van der Waals surface area (Å²) in [6, 6.07) is 0.809. The van der Waals surface area contributed by atoms with Crippen molar-refractivity contribution in [3.63, 3.8) is 0 Å². The lowest BCUT2D eigenvalue weighted by atomic mass is 9.94. The van der Waals surface area contributed by atoms with Crippen LogP contribution in [0, 0.1) is 5.92 Å². The van der Waals surface area contributed by atoms with Crippen molar-refractivity contribution < 1.29 is 9.90 Å². The molecule has 2 aliphatic rings. The van der Waals surface area contributed by atoms with Crippen LogP contribution in [0.2, 0.25) is 0 Å². The van der Waals surface area contributed by atoms with Crippen molar-refractivity contribution in [2.45, 2.75) is 57.4 Å². The summed E-state index contributed by atoms with van der Waals surface area (Å²) in [6.45, 7) is 2.35. The molecule has 1 unspecified atom stereocenters. The van der Waals surface area contributed by atoms with Crippen molar-refractivity contribution >= 4 is 5.97 Å². The quantitative estimate of drug-likeness (QED) is 0.799. The number of hydrogen-bond donors (Lipinski definition) is 1. The van der Waals surface area contributed by atoms with Crippen molar-refractivity contribution in [2.75, 3.05) is 13.1 Å². The minimum absolute atomic E-state index is 0.350. The van der Waals surface area contributed by atoms with Gasteiger partial charge in [0.25, 0.3) is 0 Å². The van der Waals surface area contributed by atoms with Gasteiger partial charge < -0.3 is 10.0 Å². The van der Waals surface area contributed by atoms with Crippen LogP contribution in [0.25, 0.3) is 0 Å². The third-order valence-corrected chi connectivity index (χ3v) is 4.17. The second-order valence-corrected chi connectivity index (χ2v) is 5.37. The van der Waals surface area contributed by atoms with Gasteiger partial charge in [-0.3, -0.25) is 4.79 Å². The zero-order chi connectivity index (χ0) is 11.4. The maximum absolute atomic E-state index is 10.5. The van der Waals surface area contributed by atoms with Crippen LogP contribution < -0.4 is 0 Å². The number of hydrogen-bond acceptors (Lipinski definition) is 2. The SMILES string of the molecule is O=C(O)CCC1CCN(C2CCCCC2)C1. The van der Waals surface area contributed by atoms with Crippen LogP contribution in [0.15, 0.2) is 0 Å². The van der Waals surface area contributed by atoms with Crippen LogP contribution in [-0.2, 0) is 4.79 Å². The second-order valence-electron chi connectivity index (χ2n) is 5.37. The average molecular weight is 225 g/mol. The summed E-state index contributed by atoms with van der Waals surface area (Å²) in [5.41, 5.74) is 0. The van der Waals surface area contributed by atoms with E-state index in [0.29, 0.717) is 12.3 Å². The van der Waals surface area contributed by atoms with Gasteiger partial charge in [-0.15, -0.1) is 0 Å². The number of rotatable bonds is 4. The third-order valence-electron chi connectivity index (χ3n) is 4.17. The molecule has 2 fully saturated rings. The first-order valence-corrected chi connectivity index (χ1v) is 6.71. The fourth-order valence-electron chi connectivity index (χ4n) is 3.20. The van der Waals surface area contributed by atoms with Crippen LogP contribution in [0.4, 0.5) is 0 Å². The molecule has 0 radical (unpaired) electrons. The van der Waals surface area contributed by atoms with E-state index in [1.165, 1.54) is 45.1 Å². The first kappa shape index (κ1) is 11.9. The van der Waals surface area contributed by atoms with Crippen molar-refractivity contribution in [1.29, 1.82) is 0 Å². The van der Waals surface area contributed by atoms with Gasteiger partial charge in [0.2, 0.25) is 0 Å². The van der Waals surface area contributed by atoms with E-state index >= 15 is 0 Å². The predicted octanol–water partition coefficient (Wildman–Crippen LogP) is 2.51. The normalized spacial score (nSPS) is 28.4. The van der Waals surface area contributed by atoms with E-state index in [4.69, 9.17) is 5.11 Å². The highest BCUT2D eigenvalue weighted by atomic mass is 16.4. The summed E-state index contributed by atoms with van der Waals surface area (Å²) in [7, 11) is 0. The molecule has 0 amide bonds. The summed E-state index contributed by atoms with van der Waals surface area (Å²) in [6.07, 6.45) is 9.36. The largest absolute Gasteiger partial charge is 0.481 e. The zero-order valence-corrected chi connectivity index (χ0v) is 10.0. The molecule has 92 valence electrons. The van der Waals surface area contributed by atoms with E-state index in [1.807, 2.05) is 0 Å². The summed E-state index contributed by atoms with van der Waals surface area (Å²) < 4.78 is 0. The fraction of sp³-hybridized carbons (Fsp3) is 0.923. The van der Waals surface area contributed by atoms with Gasteiger partial charge in [-0.2, -0.15) is 0 Å². The van der Waals surface area contributed by atoms with E-state index in [-0.39, 0.29) is 0 Å². The molecule has 1 aliphatic carbocycles. The Balaban J connectivity index is 1.72. The molecule has 1 heterocycles. The Kier molecular flexibility index (Phi) is 4.22. The van der Waals surface area contributed by atoms with E-state index in [0.717, 1.165) is 19.0 Å². The van der Waals surface area contributed by atoms with Gasteiger partial charge in [-0.25, -0.2) is 0 Å². The van der Waals surface area contributed by atoms with Crippen molar-refractivity contribution in [1.82, 2.24) is 4.90 Å². The molecule has 0 bridgehead atoms. The number of carbonyl (C=O) groups is 1. The molecular formula is C13H23NO2. The molecule has 0 spiro atoms. The molecule has 0 aromatic carbocycles. The molecule has 1 saturated heterocycles. The number of nitrogens with zero attached hydrogens (tertiary/aromatic N) is 1. The molecule has 2 rings (SSSR count). The number of likely N-dealkylation sites (tertiary alicyclic amines) is 1. The highest BCUT2D eigenvalue weighted by Crippen LogP contribution is 2.29. The first-order valence-electron chi connectivity index (χ1n) is 6.71. The van der Waals surface area contributed by atoms with Crippen LogP contribution in [0.1, 0.15) is 51.4 Å². The van der Waals surface area contributed by atoms with E-state index in [2.05, 4.69) is 4.90 Å². The summed E-state index contributed by atoms with van der Waals surface area (Å²) >= 11 is 0. The average Bonchev–Trinajstić information content (AvgIpc) is 2.76.